The van der Waals surface area contributed by atoms with Crippen LogP contribution in [0.25, 0.3) is 21.5 Å². The summed E-state index contributed by atoms with van der Waals surface area (Å²) >= 11 is 0. The maximum atomic E-state index is 5.78. The van der Waals surface area contributed by atoms with Gasteiger partial charge in [-0.15, -0.1) is 0 Å². The van der Waals surface area contributed by atoms with Gasteiger partial charge in [0.1, 0.15) is 24.7 Å². The molecule has 0 saturated heterocycles. The number of rotatable bonds is 8. The number of fused-ring (bicyclic) bond motifs is 2. The first-order valence-electron chi connectivity index (χ1n) is 8.86. The van der Waals surface area contributed by atoms with Gasteiger partial charge in [-0.2, -0.15) is 0 Å². The van der Waals surface area contributed by atoms with Crippen molar-refractivity contribution in [3.63, 3.8) is 0 Å². The molecule has 0 heterocycles. The molecule has 0 unspecified atom stereocenters. The SMILES string of the molecule is COCCOc1ccc2c(C)c3cc(OCCOC)ccc3c(C)c2c1. The summed E-state index contributed by atoms with van der Waals surface area (Å²) in [4.78, 5) is 0. The molecule has 0 radical (unpaired) electrons. The van der Waals surface area contributed by atoms with Crippen LogP contribution < -0.4 is 9.47 Å². The zero-order chi connectivity index (χ0) is 18.5. The normalized spacial score (nSPS) is 11.2. The van der Waals surface area contributed by atoms with Gasteiger partial charge in [0, 0.05) is 14.2 Å². The van der Waals surface area contributed by atoms with E-state index >= 15 is 0 Å². The summed E-state index contributed by atoms with van der Waals surface area (Å²) in [6.07, 6.45) is 0. The first-order valence-corrected chi connectivity index (χ1v) is 8.86. The average Bonchev–Trinajstić information content (AvgIpc) is 2.66. The Morgan fingerprint density at radius 1 is 0.577 bits per heavy atom. The molecule has 0 amide bonds. The molecule has 3 rings (SSSR count). The molecule has 3 aromatic rings. The molecule has 0 aromatic heterocycles. The van der Waals surface area contributed by atoms with Crippen molar-refractivity contribution in [1.82, 2.24) is 0 Å². The molecule has 0 aliphatic carbocycles. The molecule has 0 saturated carbocycles. The topological polar surface area (TPSA) is 36.9 Å². The van der Waals surface area contributed by atoms with E-state index in [-0.39, 0.29) is 0 Å². The van der Waals surface area contributed by atoms with E-state index in [1.807, 2.05) is 12.1 Å². The van der Waals surface area contributed by atoms with E-state index in [0.717, 1.165) is 11.5 Å². The molecule has 26 heavy (non-hydrogen) atoms. The van der Waals surface area contributed by atoms with Gasteiger partial charge in [0.25, 0.3) is 0 Å². The molecule has 138 valence electrons. The minimum Gasteiger partial charge on any atom is -0.491 e. The van der Waals surface area contributed by atoms with Crippen molar-refractivity contribution in [2.75, 3.05) is 40.6 Å². The minimum absolute atomic E-state index is 0.551. The first-order chi connectivity index (χ1) is 12.7. The summed E-state index contributed by atoms with van der Waals surface area (Å²) in [6, 6.07) is 12.6. The van der Waals surface area contributed by atoms with Gasteiger partial charge in [-0.3, -0.25) is 0 Å². The lowest BCUT2D eigenvalue weighted by Gasteiger charge is -2.15. The average molecular weight is 354 g/mol. The molecule has 0 fully saturated rings. The zero-order valence-corrected chi connectivity index (χ0v) is 15.9. The number of hydrogen-bond donors (Lipinski definition) is 0. The molecule has 0 aliphatic heterocycles. The van der Waals surface area contributed by atoms with Crippen LogP contribution >= 0.6 is 0 Å². The lowest BCUT2D eigenvalue weighted by Crippen LogP contribution is -2.04. The number of hydrogen-bond acceptors (Lipinski definition) is 4. The van der Waals surface area contributed by atoms with E-state index in [4.69, 9.17) is 18.9 Å². The van der Waals surface area contributed by atoms with E-state index < -0.39 is 0 Å². The molecule has 0 aliphatic rings. The van der Waals surface area contributed by atoms with Crippen molar-refractivity contribution >= 4 is 21.5 Å². The number of aryl methyl sites for hydroxylation is 2. The van der Waals surface area contributed by atoms with E-state index in [0.29, 0.717) is 26.4 Å². The number of ether oxygens (including phenoxy) is 4. The van der Waals surface area contributed by atoms with Crippen LogP contribution in [0.3, 0.4) is 0 Å². The van der Waals surface area contributed by atoms with Gasteiger partial charge in [0.05, 0.1) is 13.2 Å². The van der Waals surface area contributed by atoms with Crippen LogP contribution in [-0.2, 0) is 9.47 Å². The van der Waals surface area contributed by atoms with Crippen molar-refractivity contribution in [2.24, 2.45) is 0 Å². The molecule has 4 nitrogen and oxygen atoms in total. The van der Waals surface area contributed by atoms with Crippen LogP contribution in [-0.4, -0.2) is 40.6 Å². The Morgan fingerprint density at radius 2 is 1.00 bits per heavy atom. The van der Waals surface area contributed by atoms with E-state index in [2.05, 4.69) is 38.1 Å². The highest BCUT2D eigenvalue weighted by Crippen LogP contribution is 2.35. The first kappa shape index (κ1) is 18.5. The van der Waals surface area contributed by atoms with Crippen molar-refractivity contribution in [2.45, 2.75) is 13.8 Å². The largest absolute Gasteiger partial charge is 0.491 e. The smallest absolute Gasteiger partial charge is 0.120 e. The summed E-state index contributed by atoms with van der Waals surface area (Å²) in [7, 11) is 3.35. The summed E-state index contributed by atoms with van der Waals surface area (Å²) < 4.78 is 21.7. The molecule has 0 atom stereocenters. The van der Waals surface area contributed by atoms with E-state index in [9.17, 15) is 0 Å². The molecule has 0 bridgehead atoms. The fourth-order valence-electron chi connectivity index (χ4n) is 3.28. The van der Waals surface area contributed by atoms with Gasteiger partial charge in [-0.05, 0) is 70.8 Å². The van der Waals surface area contributed by atoms with Crippen LogP contribution in [0.15, 0.2) is 36.4 Å². The summed E-state index contributed by atoms with van der Waals surface area (Å²) in [5, 5.41) is 4.92. The summed E-state index contributed by atoms with van der Waals surface area (Å²) in [5.74, 6) is 1.74. The van der Waals surface area contributed by atoms with Crippen LogP contribution in [0, 0.1) is 13.8 Å². The second-order valence-corrected chi connectivity index (χ2v) is 6.35. The van der Waals surface area contributed by atoms with Crippen molar-refractivity contribution < 1.29 is 18.9 Å². The fraction of sp³-hybridized carbons (Fsp3) is 0.364. The quantitative estimate of drug-likeness (QED) is 0.435. The fourth-order valence-corrected chi connectivity index (χ4v) is 3.28. The Balaban J connectivity index is 2.02. The number of methoxy groups -OCH3 is 2. The lowest BCUT2D eigenvalue weighted by atomic mass is 9.93. The Labute approximate surface area is 154 Å². The van der Waals surface area contributed by atoms with Crippen molar-refractivity contribution in [3.05, 3.63) is 47.5 Å². The second kappa shape index (κ2) is 8.39. The van der Waals surface area contributed by atoms with Gasteiger partial charge in [-0.25, -0.2) is 0 Å². The third kappa shape index (κ3) is 3.76. The van der Waals surface area contributed by atoms with Crippen molar-refractivity contribution in [1.29, 1.82) is 0 Å². The Morgan fingerprint density at radius 3 is 1.38 bits per heavy atom. The predicted octanol–water partition coefficient (Wildman–Crippen LogP) is 4.66. The summed E-state index contributed by atoms with van der Waals surface area (Å²) in [5.41, 5.74) is 2.50. The maximum Gasteiger partial charge on any atom is 0.120 e. The van der Waals surface area contributed by atoms with Crippen LogP contribution in [0.4, 0.5) is 0 Å². The Kier molecular flexibility index (Phi) is 5.96. The zero-order valence-electron chi connectivity index (χ0n) is 15.9. The Bertz CT molecular complexity index is 826. The molecule has 0 spiro atoms. The lowest BCUT2D eigenvalue weighted by molar-refractivity contribution is 0.146. The molecular formula is C22H26O4. The van der Waals surface area contributed by atoms with E-state index in [1.54, 1.807) is 14.2 Å². The van der Waals surface area contributed by atoms with Crippen molar-refractivity contribution in [3.8, 4) is 11.5 Å². The maximum absolute atomic E-state index is 5.78. The molecule has 4 heteroatoms. The molecular weight excluding hydrogens is 328 g/mol. The van der Waals surface area contributed by atoms with Gasteiger partial charge in [-0.1, -0.05) is 12.1 Å². The summed E-state index contributed by atoms with van der Waals surface area (Å²) in [6.45, 7) is 6.59. The standard InChI is InChI=1S/C22H26O4/c1-15-19-7-5-18(26-12-10-24-4)14-22(19)16(2)20-8-6-17(13-21(15)20)25-11-9-23-3/h5-8,13-14H,9-12H2,1-4H3. The van der Waals surface area contributed by atoms with Gasteiger partial charge >= 0.3 is 0 Å². The third-order valence-corrected chi connectivity index (χ3v) is 4.71. The second-order valence-electron chi connectivity index (χ2n) is 6.35. The molecule has 0 N–H and O–H groups in total. The van der Waals surface area contributed by atoms with Crippen LogP contribution in [0.5, 0.6) is 11.5 Å². The Hall–Kier alpha value is -2.30. The highest BCUT2D eigenvalue weighted by molar-refractivity contribution is 6.06. The van der Waals surface area contributed by atoms with Gasteiger partial charge in [0.15, 0.2) is 0 Å². The number of benzene rings is 3. The third-order valence-electron chi connectivity index (χ3n) is 4.71. The van der Waals surface area contributed by atoms with Gasteiger partial charge < -0.3 is 18.9 Å². The van der Waals surface area contributed by atoms with E-state index in [1.165, 1.54) is 32.7 Å². The predicted molar refractivity (Wildman–Crippen MR) is 106 cm³/mol. The van der Waals surface area contributed by atoms with Crippen LogP contribution in [0.1, 0.15) is 11.1 Å². The minimum atomic E-state index is 0.551. The van der Waals surface area contributed by atoms with Crippen LogP contribution in [0.2, 0.25) is 0 Å². The highest BCUT2D eigenvalue weighted by atomic mass is 16.5. The highest BCUT2D eigenvalue weighted by Gasteiger charge is 2.11. The van der Waals surface area contributed by atoms with Gasteiger partial charge in [0.2, 0.25) is 0 Å². The molecule has 3 aromatic carbocycles. The monoisotopic (exact) mass is 354 g/mol.